The van der Waals surface area contributed by atoms with E-state index in [1.165, 1.54) is 39.8 Å². The Bertz CT molecular complexity index is 1350. The van der Waals surface area contributed by atoms with Gasteiger partial charge in [-0.15, -0.1) is 0 Å². The van der Waals surface area contributed by atoms with Crippen LogP contribution in [0.3, 0.4) is 0 Å². The average Bonchev–Trinajstić information content (AvgIpc) is 3.14. The molecule has 0 aromatic carbocycles. The molecule has 314 valence electrons. The third-order valence-electron chi connectivity index (χ3n) is 12.9. The standard InChI is InChI=1S/C44H72O11/c1-11-33-16-14-12-13-15-27(4)41(50)43(10,52)42(51)32(9)40(49)31(8)39(48)30(7)38(47)26(3)17-20-37(46)53-36-24-44(54-34(19-18-33)29(36)6)22-21-25(2)35(55-44)23-28(5)45/h12-14,16-17,20,25-36,38,40-41,45,47,49-50,52H,11,15,18-19,21-24H2,1-10H3/b13-12+,16-14?,20-17+. The normalized spacial score (nSPS) is 45.5. The molecule has 1 spiro atoms. The zero-order chi connectivity index (χ0) is 41.4. The smallest absolute Gasteiger partial charge is 0.330 e. The molecule has 0 saturated carbocycles. The Morgan fingerprint density at radius 3 is 2.13 bits per heavy atom. The summed E-state index contributed by atoms with van der Waals surface area (Å²) in [6.45, 7) is 17.1. The third-order valence-corrected chi connectivity index (χ3v) is 12.9. The second-order valence-corrected chi connectivity index (χ2v) is 17.6. The van der Waals surface area contributed by atoms with Gasteiger partial charge in [-0.1, -0.05) is 85.8 Å². The van der Waals surface area contributed by atoms with Crippen molar-refractivity contribution < 1.29 is 54.1 Å². The summed E-state index contributed by atoms with van der Waals surface area (Å²) in [6, 6.07) is 0. The zero-order valence-electron chi connectivity index (χ0n) is 35.0. The highest BCUT2D eigenvalue weighted by molar-refractivity contribution is 5.91. The van der Waals surface area contributed by atoms with Gasteiger partial charge in [0.05, 0.1) is 36.6 Å². The van der Waals surface area contributed by atoms with Crippen molar-refractivity contribution in [3.8, 4) is 0 Å². The lowest BCUT2D eigenvalue weighted by Gasteiger charge is -2.52. The molecule has 11 heteroatoms. The first-order valence-corrected chi connectivity index (χ1v) is 20.8. The van der Waals surface area contributed by atoms with Crippen LogP contribution in [-0.4, -0.2) is 97.2 Å². The molecule has 2 bridgehead atoms. The number of hydrogen-bond acceptors (Lipinski definition) is 11. The van der Waals surface area contributed by atoms with Crippen molar-refractivity contribution in [3.05, 3.63) is 36.5 Å². The summed E-state index contributed by atoms with van der Waals surface area (Å²) in [6.07, 6.45) is 10.1. The second kappa shape index (κ2) is 20.4. The highest BCUT2D eigenvalue weighted by Gasteiger charge is 2.51. The number of allylic oxidation sites excluding steroid dienone is 4. The first-order valence-electron chi connectivity index (χ1n) is 20.8. The number of Topliss-reactive ketones (excluding diaryl/α,β-unsaturated/α-hetero) is 2. The zero-order valence-corrected chi connectivity index (χ0v) is 35.0. The van der Waals surface area contributed by atoms with Crippen LogP contribution in [0.4, 0.5) is 0 Å². The minimum Gasteiger partial charge on any atom is -0.459 e. The molecule has 3 aliphatic heterocycles. The number of ketones is 2. The topological polar surface area (TPSA) is 180 Å². The summed E-state index contributed by atoms with van der Waals surface area (Å²) < 4.78 is 19.7. The number of carbonyl (C=O) groups excluding carboxylic acids is 3. The summed E-state index contributed by atoms with van der Waals surface area (Å²) in [5, 5.41) is 54.9. The third kappa shape index (κ3) is 12.1. The van der Waals surface area contributed by atoms with E-state index in [0.29, 0.717) is 32.1 Å². The molecule has 3 heterocycles. The molecule has 5 N–H and O–H groups in total. The van der Waals surface area contributed by atoms with Crippen molar-refractivity contribution in [2.24, 2.45) is 47.3 Å². The van der Waals surface area contributed by atoms with E-state index in [-0.39, 0.29) is 30.0 Å². The molecule has 3 aliphatic rings. The summed E-state index contributed by atoms with van der Waals surface area (Å²) >= 11 is 0. The van der Waals surface area contributed by atoms with Crippen molar-refractivity contribution in [1.82, 2.24) is 0 Å². The van der Waals surface area contributed by atoms with E-state index in [1.54, 1.807) is 20.8 Å². The van der Waals surface area contributed by atoms with Gasteiger partial charge >= 0.3 is 5.97 Å². The molecule has 0 aliphatic carbocycles. The number of aliphatic hydroxyl groups is 5. The molecular weight excluding hydrogens is 704 g/mol. The maximum absolute atomic E-state index is 13.5. The van der Waals surface area contributed by atoms with Crippen LogP contribution in [0.25, 0.3) is 0 Å². The summed E-state index contributed by atoms with van der Waals surface area (Å²) in [5.41, 5.74) is -2.18. The van der Waals surface area contributed by atoms with Crippen LogP contribution in [0.15, 0.2) is 36.5 Å². The maximum Gasteiger partial charge on any atom is 0.330 e. The summed E-state index contributed by atoms with van der Waals surface area (Å²) in [7, 11) is 0. The lowest BCUT2D eigenvalue weighted by molar-refractivity contribution is -0.347. The number of fused-ring (bicyclic) bond motifs is 2. The van der Waals surface area contributed by atoms with Gasteiger partial charge < -0.3 is 39.7 Å². The van der Waals surface area contributed by atoms with Gasteiger partial charge in [0.15, 0.2) is 11.6 Å². The van der Waals surface area contributed by atoms with Gasteiger partial charge in [0, 0.05) is 48.5 Å². The first kappa shape index (κ1) is 47.1. The van der Waals surface area contributed by atoms with E-state index in [0.717, 1.165) is 19.3 Å². The van der Waals surface area contributed by atoms with Gasteiger partial charge in [-0.05, 0) is 70.1 Å². The number of hydrogen-bond donors (Lipinski definition) is 5. The van der Waals surface area contributed by atoms with Crippen LogP contribution in [-0.2, 0) is 28.6 Å². The molecule has 3 rings (SSSR count). The quantitative estimate of drug-likeness (QED) is 0.224. The van der Waals surface area contributed by atoms with Crippen molar-refractivity contribution in [3.63, 3.8) is 0 Å². The number of carbonyl (C=O) groups is 3. The molecular formula is C44H72O11. The Morgan fingerprint density at radius 2 is 1.49 bits per heavy atom. The van der Waals surface area contributed by atoms with Gasteiger partial charge in [-0.25, -0.2) is 4.79 Å². The molecule has 0 amide bonds. The van der Waals surface area contributed by atoms with E-state index >= 15 is 0 Å². The van der Waals surface area contributed by atoms with E-state index in [1.807, 2.05) is 25.2 Å². The van der Waals surface area contributed by atoms with Crippen molar-refractivity contribution in [1.29, 1.82) is 0 Å². The minimum atomic E-state index is -2.18. The molecule has 0 radical (unpaired) electrons. The summed E-state index contributed by atoms with van der Waals surface area (Å²) in [4.78, 5) is 40.3. The molecule has 2 saturated heterocycles. The van der Waals surface area contributed by atoms with Gasteiger partial charge in [-0.3, -0.25) is 9.59 Å². The van der Waals surface area contributed by atoms with Crippen LogP contribution in [0.2, 0.25) is 0 Å². The van der Waals surface area contributed by atoms with Crippen molar-refractivity contribution >= 4 is 17.5 Å². The molecule has 2 fully saturated rings. The Kier molecular flexibility index (Phi) is 17.5. The fourth-order valence-corrected chi connectivity index (χ4v) is 8.60. The first-order chi connectivity index (χ1) is 25.6. The van der Waals surface area contributed by atoms with E-state index in [2.05, 4.69) is 19.9 Å². The van der Waals surface area contributed by atoms with Gasteiger partial charge in [0.25, 0.3) is 0 Å². The molecule has 17 unspecified atom stereocenters. The number of esters is 1. The lowest BCUT2D eigenvalue weighted by atomic mass is 9.75. The van der Waals surface area contributed by atoms with E-state index in [4.69, 9.17) is 14.2 Å². The average molecular weight is 777 g/mol. The maximum atomic E-state index is 13.5. The molecule has 11 nitrogen and oxygen atoms in total. The highest BCUT2D eigenvalue weighted by Crippen LogP contribution is 2.46. The number of aliphatic hydroxyl groups excluding tert-OH is 4. The van der Waals surface area contributed by atoms with Crippen LogP contribution in [0.5, 0.6) is 0 Å². The molecule has 55 heavy (non-hydrogen) atoms. The van der Waals surface area contributed by atoms with E-state index < -0.39 is 89.0 Å². The van der Waals surface area contributed by atoms with Crippen LogP contribution >= 0.6 is 0 Å². The Hall–Kier alpha value is -2.25. The van der Waals surface area contributed by atoms with Crippen LogP contribution in [0.1, 0.15) is 121 Å². The van der Waals surface area contributed by atoms with Crippen molar-refractivity contribution in [2.45, 2.75) is 175 Å². The van der Waals surface area contributed by atoms with Crippen molar-refractivity contribution in [2.75, 3.05) is 0 Å². The summed E-state index contributed by atoms with van der Waals surface area (Å²) in [5.74, 6) is -6.86. The minimum absolute atomic E-state index is 0.144. The molecule has 0 aromatic heterocycles. The van der Waals surface area contributed by atoms with Gasteiger partial charge in [0.1, 0.15) is 17.5 Å². The highest BCUT2D eigenvalue weighted by atomic mass is 16.7. The second-order valence-electron chi connectivity index (χ2n) is 17.6. The molecule has 17 atom stereocenters. The fourth-order valence-electron chi connectivity index (χ4n) is 8.60. The monoisotopic (exact) mass is 777 g/mol. The fraction of sp³-hybridized carbons (Fsp3) is 0.795. The Morgan fingerprint density at radius 1 is 0.836 bits per heavy atom. The Labute approximate surface area is 329 Å². The van der Waals surface area contributed by atoms with Crippen LogP contribution < -0.4 is 0 Å². The predicted molar refractivity (Wildman–Crippen MR) is 210 cm³/mol. The number of rotatable bonds is 3. The lowest BCUT2D eigenvalue weighted by Crippen LogP contribution is -2.57. The molecule has 0 aromatic rings. The van der Waals surface area contributed by atoms with Gasteiger partial charge in [0.2, 0.25) is 0 Å². The Balaban J connectivity index is 1.95. The largest absolute Gasteiger partial charge is 0.459 e. The van der Waals surface area contributed by atoms with Gasteiger partial charge in [-0.2, -0.15) is 0 Å². The SMILES string of the molecule is CCC1C=C/C=C/CC(C)C(O)C(C)(O)C(=O)C(C)C(O)C(C)C(=O)C(C)C(O)C(C)/C=C/C(=O)OC2CC3(CCC(C)C(CC(C)O)O3)OC(CC1)C2C. The predicted octanol–water partition coefficient (Wildman–Crippen LogP) is 5.64. The van der Waals surface area contributed by atoms with Crippen LogP contribution in [0, 0.1) is 47.3 Å². The number of ether oxygens (including phenoxy) is 3. The van der Waals surface area contributed by atoms with E-state index in [9.17, 15) is 39.9 Å².